The molecule has 4 N–H and O–H groups in total. The lowest BCUT2D eigenvalue weighted by Crippen LogP contribution is -2.01. The summed E-state index contributed by atoms with van der Waals surface area (Å²) in [6.45, 7) is 0. The molecule has 0 atom stereocenters. The van der Waals surface area contributed by atoms with Crippen LogP contribution in [0.2, 0.25) is 0 Å². The van der Waals surface area contributed by atoms with Crippen molar-refractivity contribution in [3.05, 3.63) is 41.6 Å². The molecular weight excluding hydrogens is 230 g/mol. The zero-order valence-corrected chi connectivity index (χ0v) is 8.50. The summed E-state index contributed by atoms with van der Waals surface area (Å²) >= 11 is 0. The molecule has 88 valence electrons. The van der Waals surface area contributed by atoms with Crippen LogP contribution in [0.4, 0.5) is 14.5 Å². The number of H-pyrrole nitrogens is 1. The lowest BCUT2D eigenvalue weighted by atomic mass is 10.1. The number of nitrogen functional groups attached to an aromatic ring is 1. The summed E-state index contributed by atoms with van der Waals surface area (Å²) in [5, 5.41) is 8.95. The van der Waals surface area contributed by atoms with Crippen LogP contribution in [0, 0.1) is 11.6 Å². The molecule has 0 fully saturated rings. The number of aromatic nitrogens is 1. The van der Waals surface area contributed by atoms with Crippen molar-refractivity contribution in [1.82, 2.24) is 4.98 Å². The number of aromatic amines is 1. The highest BCUT2D eigenvalue weighted by Gasteiger charge is 2.18. The maximum atomic E-state index is 13.0. The molecule has 4 nitrogen and oxygen atoms in total. The highest BCUT2D eigenvalue weighted by atomic mass is 19.2. The molecule has 0 aliphatic rings. The van der Waals surface area contributed by atoms with Crippen LogP contribution < -0.4 is 5.73 Å². The monoisotopic (exact) mass is 238 g/mol. The fourth-order valence-electron chi connectivity index (χ4n) is 1.55. The molecule has 0 unspecified atom stereocenters. The average Bonchev–Trinajstić information content (AvgIpc) is 2.64. The van der Waals surface area contributed by atoms with E-state index in [1.165, 1.54) is 12.3 Å². The second-order valence-corrected chi connectivity index (χ2v) is 3.43. The van der Waals surface area contributed by atoms with E-state index in [0.717, 1.165) is 12.1 Å². The lowest BCUT2D eigenvalue weighted by molar-refractivity contribution is 0.0699. The summed E-state index contributed by atoms with van der Waals surface area (Å²) in [5.74, 6) is -3.28. The SMILES string of the molecule is Nc1c[nH]c(-c2ccc(F)c(F)c2)c1C(=O)O. The van der Waals surface area contributed by atoms with E-state index in [0.29, 0.717) is 0 Å². The first-order chi connectivity index (χ1) is 8.00. The van der Waals surface area contributed by atoms with Crippen LogP contribution in [0.3, 0.4) is 0 Å². The van der Waals surface area contributed by atoms with Crippen LogP contribution >= 0.6 is 0 Å². The first-order valence-electron chi connectivity index (χ1n) is 4.66. The van der Waals surface area contributed by atoms with Crippen LogP contribution in [-0.2, 0) is 0 Å². The smallest absolute Gasteiger partial charge is 0.340 e. The molecule has 0 aliphatic carbocycles. The molecule has 1 aromatic carbocycles. The number of halogens is 2. The Hall–Kier alpha value is -2.37. The standard InChI is InChI=1S/C11H8F2N2O2/c12-6-2-1-5(3-7(6)13)10-9(11(16)17)8(14)4-15-10/h1-4,15H,14H2,(H,16,17). The van der Waals surface area contributed by atoms with Gasteiger partial charge in [-0.25, -0.2) is 13.6 Å². The van der Waals surface area contributed by atoms with Gasteiger partial charge < -0.3 is 15.8 Å². The molecule has 1 heterocycles. The summed E-state index contributed by atoms with van der Waals surface area (Å²) in [4.78, 5) is 13.6. The Morgan fingerprint density at radius 2 is 2.00 bits per heavy atom. The third-order valence-electron chi connectivity index (χ3n) is 2.33. The minimum absolute atomic E-state index is 0.0391. The van der Waals surface area contributed by atoms with Crippen molar-refractivity contribution in [3.8, 4) is 11.3 Å². The Morgan fingerprint density at radius 1 is 1.29 bits per heavy atom. The molecule has 2 rings (SSSR count). The number of nitrogens with two attached hydrogens (primary N) is 1. The van der Waals surface area contributed by atoms with E-state index in [9.17, 15) is 13.6 Å². The van der Waals surface area contributed by atoms with E-state index in [-0.39, 0.29) is 22.5 Å². The second-order valence-electron chi connectivity index (χ2n) is 3.43. The van der Waals surface area contributed by atoms with E-state index >= 15 is 0 Å². The van der Waals surface area contributed by atoms with Gasteiger partial charge in [-0.3, -0.25) is 0 Å². The Kier molecular flexibility index (Phi) is 2.55. The van der Waals surface area contributed by atoms with Crippen LogP contribution in [0.1, 0.15) is 10.4 Å². The largest absolute Gasteiger partial charge is 0.478 e. The van der Waals surface area contributed by atoms with Crippen molar-refractivity contribution in [2.24, 2.45) is 0 Å². The zero-order chi connectivity index (χ0) is 12.6. The van der Waals surface area contributed by atoms with Gasteiger partial charge in [0.1, 0.15) is 5.56 Å². The van der Waals surface area contributed by atoms with Crippen molar-refractivity contribution in [3.63, 3.8) is 0 Å². The summed E-state index contributed by atoms with van der Waals surface area (Å²) in [6.07, 6.45) is 1.29. The van der Waals surface area contributed by atoms with E-state index in [4.69, 9.17) is 10.8 Å². The molecule has 2 aromatic rings. The number of hydrogen-bond acceptors (Lipinski definition) is 2. The maximum absolute atomic E-state index is 13.0. The van der Waals surface area contributed by atoms with E-state index in [2.05, 4.69) is 4.98 Å². The summed E-state index contributed by atoms with van der Waals surface area (Å²) in [7, 11) is 0. The third kappa shape index (κ3) is 1.84. The predicted molar refractivity (Wildman–Crippen MR) is 57.5 cm³/mol. The van der Waals surface area contributed by atoms with E-state index < -0.39 is 17.6 Å². The topological polar surface area (TPSA) is 79.1 Å². The molecule has 6 heteroatoms. The maximum Gasteiger partial charge on any atom is 0.340 e. The molecular formula is C11H8F2N2O2. The fraction of sp³-hybridized carbons (Fsp3) is 0. The number of aromatic carboxylic acids is 1. The van der Waals surface area contributed by atoms with Crippen molar-refractivity contribution < 1.29 is 18.7 Å². The van der Waals surface area contributed by atoms with E-state index in [1.807, 2.05) is 0 Å². The van der Waals surface area contributed by atoms with Gasteiger partial charge in [0.2, 0.25) is 0 Å². The van der Waals surface area contributed by atoms with Gasteiger partial charge in [-0.1, -0.05) is 0 Å². The number of carbonyl (C=O) groups is 1. The highest BCUT2D eigenvalue weighted by molar-refractivity contribution is 6.00. The number of benzene rings is 1. The van der Waals surface area contributed by atoms with Crippen molar-refractivity contribution >= 4 is 11.7 Å². The summed E-state index contributed by atoms with van der Waals surface area (Å²) < 4.78 is 25.8. The Morgan fingerprint density at radius 3 is 2.59 bits per heavy atom. The highest BCUT2D eigenvalue weighted by Crippen LogP contribution is 2.27. The van der Waals surface area contributed by atoms with Gasteiger partial charge >= 0.3 is 5.97 Å². The van der Waals surface area contributed by atoms with Crippen molar-refractivity contribution in [2.45, 2.75) is 0 Å². The summed E-state index contributed by atoms with van der Waals surface area (Å²) in [6, 6.07) is 3.11. The van der Waals surface area contributed by atoms with Gasteiger partial charge in [0.15, 0.2) is 11.6 Å². The molecule has 0 aliphatic heterocycles. The van der Waals surface area contributed by atoms with Crippen LogP contribution in [0.5, 0.6) is 0 Å². The lowest BCUT2D eigenvalue weighted by Gasteiger charge is -2.02. The van der Waals surface area contributed by atoms with Gasteiger partial charge in [0.05, 0.1) is 11.4 Å². The Labute approximate surface area is 94.7 Å². The predicted octanol–water partition coefficient (Wildman–Crippen LogP) is 2.24. The molecule has 1 aromatic heterocycles. The van der Waals surface area contributed by atoms with Crippen LogP contribution in [0.15, 0.2) is 24.4 Å². The van der Waals surface area contributed by atoms with Gasteiger partial charge in [-0.15, -0.1) is 0 Å². The van der Waals surface area contributed by atoms with Gasteiger partial charge in [-0.05, 0) is 18.2 Å². The molecule has 0 saturated heterocycles. The van der Waals surface area contributed by atoms with Crippen molar-refractivity contribution in [2.75, 3.05) is 5.73 Å². The van der Waals surface area contributed by atoms with Gasteiger partial charge in [0.25, 0.3) is 0 Å². The second kappa shape index (κ2) is 3.89. The number of nitrogens with one attached hydrogen (secondary N) is 1. The molecule has 0 radical (unpaired) electrons. The Balaban J connectivity index is 2.60. The Bertz CT molecular complexity index is 593. The number of hydrogen-bond donors (Lipinski definition) is 3. The minimum Gasteiger partial charge on any atom is -0.478 e. The zero-order valence-electron chi connectivity index (χ0n) is 8.50. The molecule has 17 heavy (non-hydrogen) atoms. The third-order valence-corrected chi connectivity index (χ3v) is 2.33. The molecule has 0 spiro atoms. The quantitative estimate of drug-likeness (QED) is 0.750. The molecule has 0 bridgehead atoms. The first-order valence-corrected chi connectivity index (χ1v) is 4.66. The van der Waals surface area contributed by atoms with E-state index in [1.54, 1.807) is 0 Å². The van der Waals surface area contributed by atoms with Gasteiger partial charge in [-0.2, -0.15) is 0 Å². The fourth-order valence-corrected chi connectivity index (χ4v) is 1.55. The average molecular weight is 238 g/mol. The number of carboxylic acid groups (broad SMARTS) is 1. The van der Waals surface area contributed by atoms with Crippen LogP contribution in [-0.4, -0.2) is 16.1 Å². The van der Waals surface area contributed by atoms with Crippen LogP contribution in [0.25, 0.3) is 11.3 Å². The van der Waals surface area contributed by atoms with Gasteiger partial charge in [0, 0.05) is 11.8 Å². The van der Waals surface area contributed by atoms with Crippen molar-refractivity contribution in [1.29, 1.82) is 0 Å². The number of carboxylic acids is 1. The summed E-state index contributed by atoms with van der Waals surface area (Å²) in [5.41, 5.74) is 5.72. The first kappa shape index (κ1) is 11.1. The normalized spacial score (nSPS) is 10.5. The molecule has 0 saturated carbocycles. The minimum atomic E-state index is -1.23. The number of anilines is 1. The molecule has 0 amide bonds. The number of rotatable bonds is 2.